The molecule has 2 aromatic carbocycles. The number of Topliss-reactive ketones (excluding diaryl/α,β-unsaturated/α-hetero) is 1. The number of hydrogen-bond donors (Lipinski definition) is 0. The molecular formula is C21H22FN3O. The number of piperidine rings is 1. The number of nitrogens with zero attached hydrogens (tertiary/aromatic N) is 3. The predicted octanol–water partition coefficient (Wildman–Crippen LogP) is 3.75. The highest BCUT2D eigenvalue weighted by molar-refractivity contribution is 5.98. The van der Waals surface area contributed by atoms with Crippen LogP contribution in [0.5, 0.6) is 0 Å². The second kappa shape index (κ2) is 7.00. The number of aromatic nitrogens is 2. The summed E-state index contributed by atoms with van der Waals surface area (Å²) in [4.78, 5) is 20.1. The van der Waals surface area contributed by atoms with Gasteiger partial charge in [-0.15, -0.1) is 0 Å². The van der Waals surface area contributed by atoms with Gasteiger partial charge in [-0.05, 0) is 62.8 Å². The molecule has 26 heavy (non-hydrogen) atoms. The van der Waals surface area contributed by atoms with E-state index in [-0.39, 0.29) is 17.5 Å². The lowest BCUT2D eigenvalue weighted by Crippen LogP contribution is -2.34. The summed E-state index contributed by atoms with van der Waals surface area (Å²) < 4.78 is 15.2. The molecule has 2 heterocycles. The number of ketones is 1. The molecule has 0 saturated carbocycles. The molecule has 134 valence electrons. The van der Waals surface area contributed by atoms with Crippen LogP contribution in [0.15, 0.2) is 48.5 Å². The second-order valence-electron chi connectivity index (χ2n) is 7.08. The molecule has 1 aromatic heterocycles. The first kappa shape index (κ1) is 16.9. The number of likely N-dealkylation sites (tertiary alicyclic amines) is 1. The topological polar surface area (TPSA) is 38.1 Å². The van der Waals surface area contributed by atoms with Crippen molar-refractivity contribution < 1.29 is 9.18 Å². The van der Waals surface area contributed by atoms with Crippen LogP contribution >= 0.6 is 0 Å². The molecule has 1 aliphatic rings. The molecule has 0 bridgehead atoms. The van der Waals surface area contributed by atoms with Crippen LogP contribution in [-0.2, 0) is 6.54 Å². The SMILES string of the molecule is CN1CCC(C(=O)c2nc3ccccc3n2Cc2ccc(F)cc2)CC1. The molecule has 0 N–H and O–H groups in total. The highest BCUT2D eigenvalue weighted by Gasteiger charge is 2.28. The Morgan fingerprint density at radius 1 is 1.12 bits per heavy atom. The zero-order chi connectivity index (χ0) is 18.1. The molecule has 0 atom stereocenters. The fourth-order valence-corrected chi connectivity index (χ4v) is 3.65. The van der Waals surface area contributed by atoms with Gasteiger partial charge in [-0.25, -0.2) is 9.37 Å². The van der Waals surface area contributed by atoms with Crippen LogP contribution in [0.4, 0.5) is 4.39 Å². The van der Waals surface area contributed by atoms with Crippen LogP contribution in [-0.4, -0.2) is 40.4 Å². The first-order valence-electron chi connectivity index (χ1n) is 9.04. The fraction of sp³-hybridized carbons (Fsp3) is 0.333. The van der Waals surface area contributed by atoms with Gasteiger partial charge in [0, 0.05) is 12.5 Å². The number of carbonyl (C=O) groups is 1. The molecule has 0 spiro atoms. The van der Waals surface area contributed by atoms with Crippen molar-refractivity contribution in [2.45, 2.75) is 19.4 Å². The summed E-state index contributed by atoms with van der Waals surface area (Å²) in [7, 11) is 2.09. The maximum Gasteiger partial charge on any atom is 0.201 e. The molecule has 3 aromatic rings. The van der Waals surface area contributed by atoms with E-state index in [4.69, 9.17) is 0 Å². The van der Waals surface area contributed by atoms with Crippen molar-refractivity contribution in [1.29, 1.82) is 0 Å². The number of hydrogen-bond acceptors (Lipinski definition) is 3. The zero-order valence-corrected chi connectivity index (χ0v) is 14.9. The minimum Gasteiger partial charge on any atom is -0.317 e. The van der Waals surface area contributed by atoms with E-state index in [9.17, 15) is 9.18 Å². The molecule has 1 fully saturated rings. The van der Waals surface area contributed by atoms with Crippen LogP contribution < -0.4 is 0 Å². The highest BCUT2D eigenvalue weighted by atomic mass is 19.1. The lowest BCUT2D eigenvalue weighted by molar-refractivity contribution is 0.0842. The summed E-state index contributed by atoms with van der Waals surface area (Å²) in [5, 5.41) is 0. The molecule has 1 saturated heterocycles. The zero-order valence-electron chi connectivity index (χ0n) is 14.9. The van der Waals surface area contributed by atoms with Gasteiger partial charge in [-0.3, -0.25) is 4.79 Å². The average Bonchev–Trinajstić information content (AvgIpc) is 3.02. The van der Waals surface area contributed by atoms with Crippen LogP contribution in [0.2, 0.25) is 0 Å². The Bertz CT molecular complexity index is 924. The number of para-hydroxylation sites is 2. The number of rotatable bonds is 4. The number of benzene rings is 2. The molecule has 0 radical (unpaired) electrons. The number of halogens is 1. The largest absolute Gasteiger partial charge is 0.317 e. The van der Waals surface area contributed by atoms with E-state index in [1.54, 1.807) is 12.1 Å². The van der Waals surface area contributed by atoms with E-state index in [0.29, 0.717) is 12.4 Å². The lowest BCUT2D eigenvalue weighted by atomic mass is 9.92. The summed E-state index contributed by atoms with van der Waals surface area (Å²) >= 11 is 0. The van der Waals surface area contributed by atoms with Crippen LogP contribution in [0.25, 0.3) is 11.0 Å². The Balaban J connectivity index is 1.71. The van der Waals surface area contributed by atoms with Gasteiger partial charge in [0.05, 0.1) is 11.0 Å². The van der Waals surface area contributed by atoms with Crippen molar-refractivity contribution >= 4 is 16.8 Å². The van der Waals surface area contributed by atoms with Crippen LogP contribution in [0.3, 0.4) is 0 Å². The smallest absolute Gasteiger partial charge is 0.201 e. The van der Waals surface area contributed by atoms with Crippen LogP contribution in [0.1, 0.15) is 29.0 Å². The van der Waals surface area contributed by atoms with Crippen molar-refractivity contribution in [3.05, 3.63) is 65.7 Å². The van der Waals surface area contributed by atoms with E-state index in [1.807, 2.05) is 28.8 Å². The number of imidazole rings is 1. The first-order chi connectivity index (χ1) is 12.6. The van der Waals surface area contributed by atoms with Gasteiger partial charge in [-0.2, -0.15) is 0 Å². The quantitative estimate of drug-likeness (QED) is 0.672. The van der Waals surface area contributed by atoms with E-state index >= 15 is 0 Å². The summed E-state index contributed by atoms with van der Waals surface area (Å²) in [6, 6.07) is 14.2. The maximum atomic E-state index is 13.2. The maximum absolute atomic E-state index is 13.2. The predicted molar refractivity (Wildman–Crippen MR) is 99.8 cm³/mol. The van der Waals surface area contributed by atoms with Crippen molar-refractivity contribution in [3.63, 3.8) is 0 Å². The van der Waals surface area contributed by atoms with E-state index in [0.717, 1.165) is 42.5 Å². The van der Waals surface area contributed by atoms with Gasteiger partial charge in [-0.1, -0.05) is 24.3 Å². The molecule has 5 heteroatoms. The summed E-state index contributed by atoms with van der Waals surface area (Å²) in [6.45, 7) is 2.39. The molecular weight excluding hydrogens is 329 g/mol. The monoisotopic (exact) mass is 351 g/mol. The van der Waals surface area contributed by atoms with Gasteiger partial charge < -0.3 is 9.47 Å². The molecule has 0 amide bonds. The Morgan fingerprint density at radius 2 is 1.81 bits per heavy atom. The van der Waals surface area contributed by atoms with Crippen LogP contribution in [0, 0.1) is 11.7 Å². The van der Waals surface area contributed by atoms with Crippen molar-refractivity contribution in [2.24, 2.45) is 5.92 Å². The molecule has 0 unspecified atom stereocenters. The Hall–Kier alpha value is -2.53. The molecule has 4 nitrogen and oxygen atoms in total. The Labute approximate surface area is 152 Å². The van der Waals surface area contributed by atoms with Crippen molar-refractivity contribution in [3.8, 4) is 0 Å². The van der Waals surface area contributed by atoms with Gasteiger partial charge in [0.2, 0.25) is 5.78 Å². The fourth-order valence-electron chi connectivity index (χ4n) is 3.65. The third-order valence-corrected chi connectivity index (χ3v) is 5.22. The van der Waals surface area contributed by atoms with Gasteiger partial charge in [0.25, 0.3) is 0 Å². The van der Waals surface area contributed by atoms with E-state index in [2.05, 4.69) is 16.9 Å². The van der Waals surface area contributed by atoms with E-state index < -0.39 is 0 Å². The summed E-state index contributed by atoms with van der Waals surface area (Å²) in [6.07, 6.45) is 1.74. The molecule has 4 rings (SSSR count). The van der Waals surface area contributed by atoms with Gasteiger partial charge in [0.15, 0.2) is 5.82 Å². The molecule has 1 aliphatic heterocycles. The highest BCUT2D eigenvalue weighted by Crippen LogP contribution is 2.24. The number of fused-ring (bicyclic) bond motifs is 1. The molecule has 0 aliphatic carbocycles. The number of carbonyl (C=O) groups excluding carboxylic acids is 1. The van der Waals surface area contributed by atoms with Gasteiger partial charge in [0.1, 0.15) is 5.82 Å². The normalized spacial score (nSPS) is 16.2. The minimum absolute atomic E-state index is 0.0231. The van der Waals surface area contributed by atoms with Crippen molar-refractivity contribution in [2.75, 3.05) is 20.1 Å². The standard InChI is InChI=1S/C21H22FN3O/c1-24-12-10-16(11-13-24)20(26)21-23-18-4-2-3-5-19(18)25(21)14-15-6-8-17(22)9-7-15/h2-9,16H,10-14H2,1H3. The lowest BCUT2D eigenvalue weighted by Gasteiger charge is -2.27. The average molecular weight is 351 g/mol. The minimum atomic E-state index is -0.258. The van der Waals surface area contributed by atoms with Gasteiger partial charge >= 0.3 is 0 Å². The third-order valence-electron chi connectivity index (χ3n) is 5.22. The summed E-state index contributed by atoms with van der Waals surface area (Å²) in [5.41, 5.74) is 2.71. The Kier molecular flexibility index (Phi) is 4.55. The van der Waals surface area contributed by atoms with Crippen molar-refractivity contribution in [1.82, 2.24) is 14.5 Å². The summed E-state index contributed by atoms with van der Waals surface area (Å²) in [5.74, 6) is 0.406. The first-order valence-corrected chi connectivity index (χ1v) is 9.04. The van der Waals surface area contributed by atoms with E-state index in [1.165, 1.54) is 12.1 Å². The third kappa shape index (κ3) is 3.27. The Morgan fingerprint density at radius 3 is 2.54 bits per heavy atom. The second-order valence-corrected chi connectivity index (χ2v) is 7.08.